The number of rotatable bonds is 16. The van der Waals surface area contributed by atoms with E-state index in [1.165, 1.54) is 5.56 Å². The molecule has 1 saturated heterocycles. The van der Waals surface area contributed by atoms with Gasteiger partial charge in [0.15, 0.2) is 0 Å². The van der Waals surface area contributed by atoms with Gasteiger partial charge in [0.05, 0.1) is 13.2 Å². The van der Waals surface area contributed by atoms with Gasteiger partial charge >= 0.3 is 11.9 Å². The molecule has 0 bridgehead atoms. The normalized spacial score (nSPS) is 18.6. The Bertz CT molecular complexity index is 617. The van der Waals surface area contributed by atoms with E-state index in [2.05, 4.69) is 17.0 Å². The number of hydrogen-bond acceptors (Lipinski definition) is 7. The lowest BCUT2D eigenvalue weighted by molar-refractivity contribution is -0.149. The van der Waals surface area contributed by atoms with Crippen molar-refractivity contribution in [2.75, 3.05) is 52.7 Å². The van der Waals surface area contributed by atoms with E-state index in [-0.39, 0.29) is 23.8 Å². The second kappa shape index (κ2) is 15.8. The van der Waals surface area contributed by atoms with Crippen molar-refractivity contribution < 1.29 is 28.5 Å². The van der Waals surface area contributed by atoms with Gasteiger partial charge in [-0.3, -0.25) is 14.5 Å². The van der Waals surface area contributed by atoms with Crippen LogP contribution in [0, 0.1) is 11.8 Å². The third kappa shape index (κ3) is 10.6. The fourth-order valence-corrected chi connectivity index (χ4v) is 3.85. The van der Waals surface area contributed by atoms with Gasteiger partial charge in [-0.05, 0) is 32.3 Å². The molecule has 2 rings (SSSR count). The van der Waals surface area contributed by atoms with Crippen molar-refractivity contribution in [1.29, 1.82) is 0 Å². The molecule has 180 valence electrons. The molecule has 1 aliphatic rings. The van der Waals surface area contributed by atoms with E-state index in [1.807, 2.05) is 32.0 Å². The van der Waals surface area contributed by atoms with E-state index >= 15 is 0 Å². The molecule has 1 aromatic rings. The van der Waals surface area contributed by atoms with Crippen LogP contribution in [0.3, 0.4) is 0 Å². The summed E-state index contributed by atoms with van der Waals surface area (Å²) < 4.78 is 21.7. The van der Waals surface area contributed by atoms with Crippen LogP contribution in [0.5, 0.6) is 0 Å². The van der Waals surface area contributed by atoms with Gasteiger partial charge in [0.25, 0.3) is 0 Å². The summed E-state index contributed by atoms with van der Waals surface area (Å²) in [5.41, 5.74) is 1.24. The van der Waals surface area contributed by atoms with Crippen molar-refractivity contribution >= 4 is 11.9 Å². The molecule has 0 saturated carbocycles. The Morgan fingerprint density at radius 3 is 1.81 bits per heavy atom. The second-order valence-electron chi connectivity index (χ2n) is 8.17. The fraction of sp³-hybridized carbons (Fsp3) is 0.680. The summed E-state index contributed by atoms with van der Waals surface area (Å²) in [6, 6.07) is 10.3. The molecule has 1 heterocycles. The minimum absolute atomic E-state index is 0.144. The molecule has 0 N–H and O–H groups in total. The Hall–Kier alpha value is -1.96. The average Bonchev–Trinajstić information content (AvgIpc) is 3.19. The quantitative estimate of drug-likeness (QED) is 0.283. The molecule has 7 nitrogen and oxygen atoms in total. The predicted octanol–water partition coefficient (Wildman–Crippen LogP) is 3.45. The summed E-state index contributed by atoms with van der Waals surface area (Å²) in [5, 5.41) is 0. The smallest absolute Gasteiger partial charge is 0.305 e. The number of likely N-dealkylation sites (tertiary alicyclic amines) is 1. The van der Waals surface area contributed by atoms with Crippen LogP contribution in [-0.4, -0.2) is 69.6 Å². The number of ether oxygens (including phenoxy) is 4. The monoisotopic (exact) mass is 449 g/mol. The number of esters is 2. The van der Waals surface area contributed by atoms with E-state index in [4.69, 9.17) is 18.9 Å². The van der Waals surface area contributed by atoms with Crippen LogP contribution < -0.4 is 0 Å². The van der Waals surface area contributed by atoms with Crippen LogP contribution in [0.4, 0.5) is 0 Å². The van der Waals surface area contributed by atoms with Crippen LogP contribution in [0.2, 0.25) is 0 Å². The van der Waals surface area contributed by atoms with Gasteiger partial charge in [-0.1, -0.05) is 30.3 Å². The highest BCUT2D eigenvalue weighted by Gasteiger charge is 2.34. The van der Waals surface area contributed by atoms with Crippen molar-refractivity contribution in [3.05, 3.63) is 35.9 Å². The van der Waals surface area contributed by atoms with E-state index in [0.29, 0.717) is 65.3 Å². The van der Waals surface area contributed by atoms with Crippen molar-refractivity contribution in [1.82, 2.24) is 4.90 Å². The molecule has 0 aromatic heterocycles. The van der Waals surface area contributed by atoms with Crippen LogP contribution in [0.1, 0.15) is 45.1 Å². The molecule has 2 atom stereocenters. The first-order chi connectivity index (χ1) is 15.6. The lowest BCUT2D eigenvalue weighted by Gasteiger charge is -2.18. The molecule has 0 aliphatic carbocycles. The number of carbonyl (C=O) groups is 2. The number of benzene rings is 1. The molecule has 32 heavy (non-hydrogen) atoms. The second-order valence-corrected chi connectivity index (χ2v) is 8.17. The van der Waals surface area contributed by atoms with Gasteiger partial charge in [0.1, 0.15) is 0 Å². The van der Waals surface area contributed by atoms with Crippen molar-refractivity contribution in [2.45, 2.75) is 46.1 Å². The van der Waals surface area contributed by atoms with Crippen LogP contribution in [-0.2, 0) is 35.1 Å². The molecule has 7 heteroatoms. The van der Waals surface area contributed by atoms with Crippen molar-refractivity contribution in [3.63, 3.8) is 0 Å². The van der Waals surface area contributed by atoms with Crippen LogP contribution >= 0.6 is 0 Å². The fourth-order valence-electron chi connectivity index (χ4n) is 3.85. The summed E-state index contributed by atoms with van der Waals surface area (Å²) >= 11 is 0. The topological polar surface area (TPSA) is 74.3 Å². The van der Waals surface area contributed by atoms with E-state index in [9.17, 15) is 9.59 Å². The zero-order valence-electron chi connectivity index (χ0n) is 19.6. The molecule has 1 fully saturated rings. The summed E-state index contributed by atoms with van der Waals surface area (Å²) in [5.74, 6) is -0.104. The van der Waals surface area contributed by atoms with Crippen molar-refractivity contribution in [3.8, 4) is 0 Å². The number of hydrogen-bond donors (Lipinski definition) is 0. The predicted molar refractivity (Wildman–Crippen MR) is 122 cm³/mol. The highest BCUT2D eigenvalue weighted by atomic mass is 16.5. The Labute approximate surface area is 192 Å². The van der Waals surface area contributed by atoms with Crippen molar-refractivity contribution in [2.24, 2.45) is 11.8 Å². The minimum Gasteiger partial charge on any atom is -0.465 e. The summed E-state index contributed by atoms with van der Waals surface area (Å²) in [7, 11) is 0. The van der Waals surface area contributed by atoms with Gasteiger partial charge in [0.2, 0.25) is 0 Å². The standard InChI is InChI=1S/C25H39NO6/c1-3-29-14-8-12-24(27)31-19-22-17-26(16-21-10-6-5-7-11-21)18-23(22)20-32-25(28)13-9-15-30-4-2/h5-7,10-11,22-23H,3-4,8-9,12-20H2,1-2H3. The first kappa shape index (κ1) is 26.3. The Kier molecular flexibility index (Phi) is 13.0. The molecular weight excluding hydrogens is 410 g/mol. The van der Waals surface area contributed by atoms with E-state index in [0.717, 1.165) is 19.6 Å². The highest BCUT2D eigenvalue weighted by molar-refractivity contribution is 5.69. The minimum atomic E-state index is -0.196. The van der Waals surface area contributed by atoms with Gasteiger partial charge < -0.3 is 18.9 Å². The lowest BCUT2D eigenvalue weighted by atomic mass is 9.98. The third-order valence-corrected chi connectivity index (χ3v) is 5.57. The Morgan fingerprint density at radius 2 is 1.34 bits per heavy atom. The Morgan fingerprint density at radius 1 is 0.844 bits per heavy atom. The summed E-state index contributed by atoms with van der Waals surface area (Å²) in [6.45, 7) is 9.48. The highest BCUT2D eigenvalue weighted by Crippen LogP contribution is 2.26. The first-order valence-electron chi connectivity index (χ1n) is 11.8. The molecule has 0 spiro atoms. The first-order valence-corrected chi connectivity index (χ1v) is 11.8. The molecule has 0 radical (unpaired) electrons. The zero-order chi connectivity index (χ0) is 23.0. The maximum Gasteiger partial charge on any atom is 0.305 e. The van der Waals surface area contributed by atoms with Gasteiger partial charge in [-0.15, -0.1) is 0 Å². The van der Waals surface area contributed by atoms with Gasteiger partial charge in [-0.2, -0.15) is 0 Å². The molecule has 1 aliphatic heterocycles. The Balaban J connectivity index is 1.81. The zero-order valence-corrected chi connectivity index (χ0v) is 19.6. The van der Waals surface area contributed by atoms with E-state index < -0.39 is 0 Å². The number of nitrogens with zero attached hydrogens (tertiary/aromatic N) is 1. The maximum absolute atomic E-state index is 12.1. The average molecular weight is 450 g/mol. The molecule has 0 amide bonds. The SMILES string of the molecule is CCOCCCC(=O)OCC1CN(Cc2ccccc2)CC1COC(=O)CCCOCC. The third-order valence-electron chi connectivity index (χ3n) is 5.57. The molecule has 2 unspecified atom stereocenters. The van der Waals surface area contributed by atoms with Gasteiger partial charge in [0, 0.05) is 70.7 Å². The van der Waals surface area contributed by atoms with Crippen LogP contribution in [0.15, 0.2) is 30.3 Å². The molecule has 1 aromatic carbocycles. The van der Waals surface area contributed by atoms with Crippen LogP contribution in [0.25, 0.3) is 0 Å². The van der Waals surface area contributed by atoms with Gasteiger partial charge in [-0.25, -0.2) is 0 Å². The maximum atomic E-state index is 12.1. The summed E-state index contributed by atoms with van der Waals surface area (Å²) in [4.78, 5) is 26.5. The lowest BCUT2D eigenvalue weighted by Crippen LogP contribution is -2.25. The summed E-state index contributed by atoms with van der Waals surface area (Å²) in [6.07, 6.45) is 2.06. The molecular formula is C25H39NO6. The number of carbonyl (C=O) groups excluding carboxylic acids is 2. The van der Waals surface area contributed by atoms with E-state index in [1.54, 1.807) is 0 Å². The largest absolute Gasteiger partial charge is 0.465 e.